The van der Waals surface area contributed by atoms with Gasteiger partial charge >= 0.3 is 0 Å². The number of nitrogens with one attached hydrogen (secondary N) is 1. The molecule has 1 aliphatic rings. The lowest BCUT2D eigenvalue weighted by Gasteiger charge is -2.29. The van der Waals surface area contributed by atoms with Crippen LogP contribution in [0.25, 0.3) is 10.8 Å². The Labute approximate surface area is 126 Å². The van der Waals surface area contributed by atoms with Crippen LogP contribution in [0.3, 0.4) is 0 Å². The standard InChI is InChI=1S/C18H24N2O/c1-21-17-9-8-14-6-3-7-15(18(14)12-17)11-16(20-19)10-13-4-2-5-13/h3,6-9,12-13,16,20H,2,4-5,10-11,19H2,1H3. The number of nitrogens with two attached hydrogens (primary N) is 1. The number of hydrogen-bond donors (Lipinski definition) is 2. The predicted molar refractivity (Wildman–Crippen MR) is 87.3 cm³/mol. The molecule has 0 amide bonds. The summed E-state index contributed by atoms with van der Waals surface area (Å²) in [6.45, 7) is 0. The zero-order valence-electron chi connectivity index (χ0n) is 12.6. The minimum Gasteiger partial charge on any atom is -0.497 e. The van der Waals surface area contributed by atoms with Gasteiger partial charge in [-0.25, -0.2) is 0 Å². The molecule has 0 spiro atoms. The van der Waals surface area contributed by atoms with Gasteiger partial charge in [-0.3, -0.25) is 11.3 Å². The van der Waals surface area contributed by atoms with E-state index >= 15 is 0 Å². The maximum atomic E-state index is 5.77. The largest absolute Gasteiger partial charge is 0.497 e. The van der Waals surface area contributed by atoms with Crippen molar-refractivity contribution >= 4 is 10.8 Å². The van der Waals surface area contributed by atoms with Crippen LogP contribution in [0.5, 0.6) is 5.75 Å². The average molecular weight is 284 g/mol. The van der Waals surface area contributed by atoms with E-state index in [1.165, 1.54) is 42.0 Å². The Hall–Kier alpha value is -1.58. The zero-order chi connectivity index (χ0) is 14.7. The Kier molecular flexibility index (Phi) is 4.42. The van der Waals surface area contributed by atoms with Gasteiger partial charge in [-0.05, 0) is 47.2 Å². The van der Waals surface area contributed by atoms with Gasteiger partial charge in [0, 0.05) is 6.04 Å². The normalized spacial score (nSPS) is 16.7. The van der Waals surface area contributed by atoms with E-state index in [9.17, 15) is 0 Å². The molecule has 0 saturated heterocycles. The summed E-state index contributed by atoms with van der Waals surface area (Å²) in [4.78, 5) is 0. The van der Waals surface area contributed by atoms with Crippen LogP contribution in [0, 0.1) is 5.92 Å². The molecule has 0 aromatic heterocycles. The van der Waals surface area contributed by atoms with Crippen LogP contribution in [0.4, 0.5) is 0 Å². The van der Waals surface area contributed by atoms with Crippen LogP contribution in [0.2, 0.25) is 0 Å². The Morgan fingerprint density at radius 2 is 2.14 bits per heavy atom. The molecule has 1 fully saturated rings. The van der Waals surface area contributed by atoms with Crippen molar-refractivity contribution in [2.75, 3.05) is 7.11 Å². The van der Waals surface area contributed by atoms with Crippen molar-refractivity contribution in [2.45, 2.75) is 38.1 Å². The third-order valence-corrected chi connectivity index (χ3v) is 4.72. The van der Waals surface area contributed by atoms with Gasteiger partial charge in [0.2, 0.25) is 0 Å². The number of hydrogen-bond acceptors (Lipinski definition) is 3. The van der Waals surface area contributed by atoms with Crippen LogP contribution in [-0.2, 0) is 6.42 Å². The molecule has 2 aromatic rings. The van der Waals surface area contributed by atoms with Crippen molar-refractivity contribution in [1.82, 2.24) is 5.43 Å². The van der Waals surface area contributed by atoms with Gasteiger partial charge in [0.1, 0.15) is 5.75 Å². The molecule has 1 atom stereocenters. The van der Waals surface area contributed by atoms with Crippen molar-refractivity contribution in [3.8, 4) is 5.75 Å². The number of ether oxygens (including phenoxy) is 1. The minimum atomic E-state index is 0.354. The van der Waals surface area contributed by atoms with Gasteiger partial charge in [0.25, 0.3) is 0 Å². The van der Waals surface area contributed by atoms with Crippen molar-refractivity contribution in [3.63, 3.8) is 0 Å². The maximum Gasteiger partial charge on any atom is 0.119 e. The molecule has 112 valence electrons. The summed E-state index contributed by atoms with van der Waals surface area (Å²) in [6.07, 6.45) is 6.25. The van der Waals surface area contributed by atoms with E-state index in [2.05, 4.69) is 35.8 Å². The highest BCUT2D eigenvalue weighted by atomic mass is 16.5. The fourth-order valence-corrected chi connectivity index (χ4v) is 3.23. The highest BCUT2D eigenvalue weighted by molar-refractivity contribution is 5.87. The summed E-state index contributed by atoms with van der Waals surface area (Å²) in [7, 11) is 1.71. The molecule has 3 nitrogen and oxygen atoms in total. The van der Waals surface area contributed by atoms with E-state index in [1.807, 2.05) is 6.07 Å². The van der Waals surface area contributed by atoms with Crippen molar-refractivity contribution in [2.24, 2.45) is 11.8 Å². The smallest absolute Gasteiger partial charge is 0.119 e. The fraction of sp³-hybridized carbons (Fsp3) is 0.444. The van der Waals surface area contributed by atoms with E-state index in [1.54, 1.807) is 7.11 Å². The van der Waals surface area contributed by atoms with Crippen molar-refractivity contribution in [3.05, 3.63) is 42.0 Å². The second kappa shape index (κ2) is 6.46. The molecule has 21 heavy (non-hydrogen) atoms. The summed E-state index contributed by atoms with van der Waals surface area (Å²) in [5.41, 5.74) is 4.35. The maximum absolute atomic E-state index is 5.77. The first-order valence-electron chi connectivity index (χ1n) is 7.82. The first-order chi connectivity index (χ1) is 10.3. The molecule has 0 heterocycles. The van der Waals surface area contributed by atoms with Gasteiger partial charge in [-0.1, -0.05) is 43.5 Å². The zero-order valence-corrected chi connectivity index (χ0v) is 12.6. The number of methoxy groups -OCH3 is 1. The molecule has 1 saturated carbocycles. The second-order valence-electron chi connectivity index (χ2n) is 6.10. The minimum absolute atomic E-state index is 0.354. The summed E-state index contributed by atoms with van der Waals surface area (Å²) in [5, 5.41) is 2.53. The monoisotopic (exact) mass is 284 g/mol. The molecule has 3 N–H and O–H groups in total. The number of rotatable bonds is 6. The molecule has 2 aromatic carbocycles. The molecule has 0 bridgehead atoms. The van der Waals surface area contributed by atoms with Crippen LogP contribution >= 0.6 is 0 Å². The van der Waals surface area contributed by atoms with Crippen LogP contribution in [0.15, 0.2) is 36.4 Å². The summed E-state index contributed by atoms with van der Waals surface area (Å²) in [6, 6.07) is 13.1. The fourth-order valence-electron chi connectivity index (χ4n) is 3.23. The first kappa shape index (κ1) is 14.4. The van der Waals surface area contributed by atoms with E-state index in [4.69, 9.17) is 10.6 Å². The Morgan fingerprint density at radius 1 is 1.29 bits per heavy atom. The molecule has 3 rings (SSSR count). The Balaban J connectivity index is 1.84. The lowest BCUT2D eigenvalue weighted by atomic mass is 9.80. The van der Waals surface area contributed by atoms with E-state index in [0.29, 0.717) is 6.04 Å². The van der Waals surface area contributed by atoms with Gasteiger partial charge < -0.3 is 4.74 Å². The molecule has 3 heteroatoms. The Morgan fingerprint density at radius 3 is 2.81 bits per heavy atom. The molecular formula is C18H24N2O. The van der Waals surface area contributed by atoms with Gasteiger partial charge in [0.15, 0.2) is 0 Å². The summed E-state index contributed by atoms with van der Waals surface area (Å²) >= 11 is 0. The van der Waals surface area contributed by atoms with Gasteiger partial charge in [-0.15, -0.1) is 0 Å². The summed E-state index contributed by atoms with van der Waals surface area (Å²) < 4.78 is 5.36. The number of benzene rings is 2. The third kappa shape index (κ3) is 3.20. The lowest BCUT2D eigenvalue weighted by Crippen LogP contribution is -2.39. The molecule has 0 aliphatic heterocycles. The van der Waals surface area contributed by atoms with Crippen LogP contribution in [0.1, 0.15) is 31.2 Å². The highest BCUT2D eigenvalue weighted by Crippen LogP contribution is 2.32. The average Bonchev–Trinajstić information content (AvgIpc) is 2.49. The van der Waals surface area contributed by atoms with Crippen molar-refractivity contribution < 1.29 is 4.74 Å². The highest BCUT2D eigenvalue weighted by Gasteiger charge is 2.22. The van der Waals surface area contributed by atoms with E-state index in [0.717, 1.165) is 18.1 Å². The van der Waals surface area contributed by atoms with E-state index < -0.39 is 0 Å². The SMILES string of the molecule is COc1ccc2cccc(CC(CC3CCC3)NN)c2c1. The predicted octanol–water partition coefficient (Wildman–Crippen LogP) is 3.41. The first-order valence-corrected chi connectivity index (χ1v) is 7.82. The number of fused-ring (bicyclic) bond motifs is 1. The molecule has 1 aliphatic carbocycles. The Bertz CT molecular complexity index is 607. The number of hydrazine groups is 1. The van der Waals surface area contributed by atoms with Gasteiger partial charge in [-0.2, -0.15) is 0 Å². The second-order valence-corrected chi connectivity index (χ2v) is 6.10. The van der Waals surface area contributed by atoms with Crippen molar-refractivity contribution in [1.29, 1.82) is 0 Å². The van der Waals surface area contributed by atoms with Gasteiger partial charge in [0.05, 0.1) is 7.11 Å². The topological polar surface area (TPSA) is 47.3 Å². The molecule has 1 unspecified atom stereocenters. The van der Waals surface area contributed by atoms with Crippen LogP contribution in [-0.4, -0.2) is 13.2 Å². The van der Waals surface area contributed by atoms with Crippen LogP contribution < -0.4 is 16.0 Å². The molecule has 0 radical (unpaired) electrons. The lowest BCUT2D eigenvalue weighted by molar-refractivity contribution is 0.260. The molecular weight excluding hydrogens is 260 g/mol. The van der Waals surface area contributed by atoms with E-state index in [-0.39, 0.29) is 0 Å². The summed E-state index contributed by atoms with van der Waals surface area (Å²) in [5.74, 6) is 7.54. The quantitative estimate of drug-likeness (QED) is 0.631. The third-order valence-electron chi connectivity index (χ3n) is 4.72.